The van der Waals surface area contributed by atoms with E-state index in [9.17, 15) is 14.4 Å². The molecule has 8 nitrogen and oxygen atoms in total. The van der Waals surface area contributed by atoms with E-state index in [1.54, 1.807) is 35.9 Å². The van der Waals surface area contributed by atoms with Gasteiger partial charge in [0, 0.05) is 13.5 Å². The van der Waals surface area contributed by atoms with E-state index in [0.717, 1.165) is 10.7 Å². The lowest BCUT2D eigenvalue weighted by Crippen LogP contribution is -2.43. The van der Waals surface area contributed by atoms with Gasteiger partial charge in [-0.15, -0.1) is 10.2 Å². The smallest absolute Gasteiger partial charge is 0.329 e. The molecule has 0 spiro atoms. The van der Waals surface area contributed by atoms with Crippen molar-refractivity contribution in [2.45, 2.75) is 32.9 Å². The van der Waals surface area contributed by atoms with Gasteiger partial charge in [0.2, 0.25) is 0 Å². The van der Waals surface area contributed by atoms with Gasteiger partial charge in [-0.2, -0.15) is 0 Å². The molecule has 1 atom stereocenters. The van der Waals surface area contributed by atoms with E-state index in [1.807, 2.05) is 6.92 Å². The summed E-state index contributed by atoms with van der Waals surface area (Å²) >= 11 is 0. The molecule has 0 radical (unpaired) electrons. The molecule has 0 fully saturated rings. The number of amides is 2. The van der Waals surface area contributed by atoms with Crippen LogP contribution in [0.1, 0.15) is 46.2 Å². The Bertz CT molecular complexity index is 823. The molecular formula is C17H18N4O4. The number of imide groups is 1. The first-order valence-corrected chi connectivity index (χ1v) is 7.96. The first-order valence-electron chi connectivity index (χ1n) is 7.96. The number of hydrogen-bond acceptors (Lipinski definition) is 6. The number of fused-ring (bicyclic) bond motifs is 1. The summed E-state index contributed by atoms with van der Waals surface area (Å²) in [7, 11) is 1.79. The van der Waals surface area contributed by atoms with Crippen molar-refractivity contribution in [1.82, 2.24) is 19.7 Å². The van der Waals surface area contributed by atoms with Crippen molar-refractivity contribution in [2.75, 3.05) is 0 Å². The van der Waals surface area contributed by atoms with E-state index in [1.165, 1.54) is 6.92 Å². The van der Waals surface area contributed by atoms with Gasteiger partial charge in [-0.25, -0.2) is 4.79 Å². The molecule has 0 N–H and O–H groups in total. The second-order valence-corrected chi connectivity index (χ2v) is 5.75. The number of benzene rings is 1. The van der Waals surface area contributed by atoms with Crippen molar-refractivity contribution in [3.8, 4) is 0 Å². The molecule has 0 bridgehead atoms. The van der Waals surface area contributed by atoms with Crippen LogP contribution >= 0.6 is 0 Å². The predicted molar refractivity (Wildman–Crippen MR) is 86.6 cm³/mol. The minimum Gasteiger partial charge on any atom is -0.456 e. The SMILES string of the molecule is CCc1nnc(COC(=O)[C@H](C)N2C(=O)c3ccccc3C2=O)n1C. The Hall–Kier alpha value is -3.03. The second-order valence-electron chi connectivity index (χ2n) is 5.75. The summed E-state index contributed by atoms with van der Waals surface area (Å²) in [5.74, 6) is -0.372. The van der Waals surface area contributed by atoms with Crippen LogP contribution in [0.3, 0.4) is 0 Å². The van der Waals surface area contributed by atoms with Crippen molar-refractivity contribution < 1.29 is 19.1 Å². The second kappa shape index (κ2) is 6.46. The van der Waals surface area contributed by atoms with Crippen molar-refractivity contribution >= 4 is 17.8 Å². The molecule has 0 aliphatic carbocycles. The van der Waals surface area contributed by atoms with Crippen molar-refractivity contribution in [3.05, 3.63) is 47.0 Å². The van der Waals surface area contributed by atoms with E-state index in [-0.39, 0.29) is 6.61 Å². The zero-order valence-corrected chi connectivity index (χ0v) is 14.2. The van der Waals surface area contributed by atoms with Gasteiger partial charge < -0.3 is 9.30 Å². The van der Waals surface area contributed by atoms with Crippen LogP contribution in [0.15, 0.2) is 24.3 Å². The Balaban J connectivity index is 1.70. The monoisotopic (exact) mass is 342 g/mol. The first kappa shape index (κ1) is 16.8. The van der Waals surface area contributed by atoms with E-state index < -0.39 is 23.8 Å². The Kier molecular flexibility index (Phi) is 4.35. The van der Waals surface area contributed by atoms with Crippen molar-refractivity contribution in [3.63, 3.8) is 0 Å². The highest BCUT2D eigenvalue weighted by Gasteiger charge is 2.41. The Morgan fingerprint density at radius 3 is 2.20 bits per heavy atom. The highest BCUT2D eigenvalue weighted by atomic mass is 16.5. The fraction of sp³-hybridized carbons (Fsp3) is 0.353. The average molecular weight is 342 g/mol. The Morgan fingerprint density at radius 2 is 1.68 bits per heavy atom. The lowest BCUT2D eigenvalue weighted by atomic mass is 10.1. The van der Waals surface area contributed by atoms with Gasteiger partial charge in [0.25, 0.3) is 11.8 Å². The van der Waals surface area contributed by atoms with Crippen LogP contribution in [0.5, 0.6) is 0 Å². The maximum atomic E-state index is 12.4. The van der Waals surface area contributed by atoms with Gasteiger partial charge in [-0.3, -0.25) is 14.5 Å². The number of carbonyl (C=O) groups is 3. The summed E-state index contributed by atoms with van der Waals surface area (Å²) in [6, 6.07) is 5.47. The molecule has 2 aromatic rings. The summed E-state index contributed by atoms with van der Waals surface area (Å²) < 4.78 is 6.98. The van der Waals surface area contributed by atoms with Gasteiger partial charge >= 0.3 is 5.97 Å². The van der Waals surface area contributed by atoms with E-state index in [0.29, 0.717) is 23.4 Å². The Labute approximate surface area is 144 Å². The van der Waals surface area contributed by atoms with Gasteiger partial charge in [-0.1, -0.05) is 19.1 Å². The normalized spacial score (nSPS) is 14.6. The molecular weight excluding hydrogens is 324 g/mol. The number of ether oxygens (including phenoxy) is 1. The third-order valence-electron chi connectivity index (χ3n) is 4.27. The highest BCUT2D eigenvalue weighted by molar-refractivity contribution is 6.22. The fourth-order valence-corrected chi connectivity index (χ4v) is 2.75. The molecule has 1 aromatic carbocycles. The lowest BCUT2D eigenvalue weighted by Gasteiger charge is -2.20. The summed E-state index contributed by atoms with van der Waals surface area (Å²) in [6.45, 7) is 3.35. The quantitative estimate of drug-likeness (QED) is 0.597. The summed E-state index contributed by atoms with van der Waals surface area (Å²) in [5, 5.41) is 7.95. The van der Waals surface area contributed by atoms with E-state index >= 15 is 0 Å². The number of esters is 1. The predicted octanol–water partition coefficient (Wildman–Crippen LogP) is 1.11. The lowest BCUT2D eigenvalue weighted by molar-refractivity contribution is -0.149. The minimum absolute atomic E-state index is 0.0736. The zero-order valence-electron chi connectivity index (χ0n) is 14.2. The highest BCUT2D eigenvalue weighted by Crippen LogP contribution is 2.24. The molecule has 0 saturated carbocycles. The average Bonchev–Trinajstić information content (AvgIpc) is 3.10. The van der Waals surface area contributed by atoms with Crippen LogP contribution in [0.25, 0.3) is 0 Å². The third kappa shape index (κ3) is 2.79. The van der Waals surface area contributed by atoms with E-state index in [2.05, 4.69) is 10.2 Å². The van der Waals surface area contributed by atoms with Gasteiger partial charge in [0.1, 0.15) is 11.9 Å². The largest absolute Gasteiger partial charge is 0.456 e. The molecule has 0 unspecified atom stereocenters. The molecule has 2 heterocycles. The van der Waals surface area contributed by atoms with Crippen LogP contribution in [0, 0.1) is 0 Å². The van der Waals surface area contributed by atoms with Crippen LogP contribution < -0.4 is 0 Å². The van der Waals surface area contributed by atoms with Crippen molar-refractivity contribution in [2.24, 2.45) is 7.05 Å². The number of hydrogen-bond donors (Lipinski definition) is 0. The molecule has 1 aliphatic heterocycles. The van der Waals surface area contributed by atoms with Crippen LogP contribution in [-0.4, -0.2) is 43.5 Å². The van der Waals surface area contributed by atoms with Gasteiger partial charge in [0.15, 0.2) is 12.4 Å². The molecule has 0 saturated heterocycles. The van der Waals surface area contributed by atoms with Crippen LogP contribution in [0.4, 0.5) is 0 Å². The number of nitrogens with zero attached hydrogens (tertiary/aromatic N) is 4. The maximum absolute atomic E-state index is 12.4. The summed E-state index contributed by atoms with van der Waals surface area (Å²) in [4.78, 5) is 38.0. The fourth-order valence-electron chi connectivity index (χ4n) is 2.75. The van der Waals surface area contributed by atoms with Gasteiger partial charge in [-0.05, 0) is 19.1 Å². The maximum Gasteiger partial charge on any atom is 0.329 e. The van der Waals surface area contributed by atoms with Crippen LogP contribution in [0.2, 0.25) is 0 Å². The molecule has 25 heavy (non-hydrogen) atoms. The topological polar surface area (TPSA) is 94.4 Å². The van der Waals surface area contributed by atoms with E-state index in [4.69, 9.17) is 4.74 Å². The van der Waals surface area contributed by atoms with Crippen LogP contribution in [-0.2, 0) is 29.6 Å². The minimum atomic E-state index is -1.02. The summed E-state index contributed by atoms with van der Waals surface area (Å²) in [5.41, 5.74) is 0.598. The molecule has 1 aliphatic rings. The Morgan fingerprint density at radius 1 is 1.12 bits per heavy atom. The zero-order chi connectivity index (χ0) is 18.1. The van der Waals surface area contributed by atoms with Crippen molar-refractivity contribution in [1.29, 1.82) is 0 Å². The third-order valence-corrected chi connectivity index (χ3v) is 4.27. The molecule has 2 amide bonds. The number of rotatable bonds is 5. The first-order chi connectivity index (χ1) is 12.0. The number of aryl methyl sites for hydroxylation is 1. The molecule has 1 aromatic heterocycles. The van der Waals surface area contributed by atoms with Gasteiger partial charge in [0.05, 0.1) is 11.1 Å². The summed E-state index contributed by atoms with van der Waals surface area (Å²) in [6.07, 6.45) is 0.711. The molecule has 8 heteroatoms. The number of aromatic nitrogens is 3. The molecule has 3 rings (SSSR count). The standard InChI is InChI=1S/C17H18N4O4/c1-4-13-18-19-14(20(13)3)9-25-17(24)10(2)21-15(22)11-7-5-6-8-12(11)16(21)23/h5-8,10H,4,9H2,1-3H3/t10-/m0/s1. The number of carbonyl (C=O) groups excluding carboxylic acids is 3. The molecule has 130 valence electrons.